The number of aryl methyl sites for hydroxylation is 1. The Labute approximate surface area is 171 Å². The van der Waals surface area contributed by atoms with E-state index in [9.17, 15) is 13.2 Å². The van der Waals surface area contributed by atoms with Crippen molar-refractivity contribution in [1.29, 1.82) is 0 Å². The van der Waals surface area contributed by atoms with E-state index in [0.29, 0.717) is 43.4 Å². The predicted molar refractivity (Wildman–Crippen MR) is 108 cm³/mol. The van der Waals surface area contributed by atoms with Crippen LogP contribution in [0.25, 0.3) is 11.0 Å². The molecule has 1 N–H and O–H groups in total. The summed E-state index contributed by atoms with van der Waals surface area (Å²) >= 11 is 2.55. The van der Waals surface area contributed by atoms with E-state index in [1.54, 1.807) is 23.5 Å². The molecule has 1 aliphatic rings. The molecule has 1 unspecified atom stereocenters. The van der Waals surface area contributed by atoms with Crippen molar-refractivity contribution in [1.82, 2.24) is 23.4 Å². The number of nitrogens with one attached hydrogen (secondary N) is 1. The topological polar surface area (TPSA) is 105 Å². The minimum Gasteiger partial charge on any atom is -0.354 e. The lowest BCUT2D eigenvalue weighted by Crippen LogP contribution is -2.46. The summed E-state index contributed by atoms with van der Waals surface area (Å²) in [5, 5.41) is 5.82. The van der Waals surface area contributed by atoms with Crippen LogP contribution in [0.3, 0.4) is 0 Å². The zero-order valence-electron chi connectivity index (χ0n) is 15.2. The van der Waals surface area contributed by atoms with Gasteiger partial charge in [0, 0.05) is 24.9 Å². The number of fused-ring (bicyclic) bond motifs is 1. The molecule has 0 spiro atoms. The minimum atomic E-state index is -3.84. The third-order valence-corrected chi connectivity index (χ3v) is 7.99. The van der Waals surface area contributed by atoms with Gasteiger partial charge >= 0.3 is 0 Å². The van der Waals surface area contributed by atoms with Gasteiger partial charge in [0.1, 0.15) is 22.0 Å². The monoisotopic (exact) mass is 437 g/mol. The number of benzene rings is 1. The molecule has 1 aliphatic heterocycles. The van der Waals surface area contributed by atoms with Crippen molar-refractivity contribution in [2.24, 2.45) is 0 Å². The van der Waals surface area contributed by atoms with E-state index in [1.165, 1.54) is 10.4 Å². The maximum atomic E-state index is 13.2. The van der Waals surface area contributed by atoms with E-state index in [1.807, 2.05) is 12.3 Å². The Kier molecular flexibility index (Phi) is 5.41. The summed E-state index contributed by atoms with van der Waals surface area (Å²) < 4.78 is 36.0. The van der Waals surface area contributed by atoms with Crippen LogP contribution in [-0.4, -0.2) is 51.5 Å². The van der Waals surface area contributed by atoms with Gasteiger partial charge in [-0.25, -0.2) is 13.4 Å². The summed E-state index contributed by atoms with van der Waals surface area (Å²) in [7, 11) is -3.84. The molecule has 1 saturated heterocycles. The fourth-order valence-corrected chi connectivity index (χ4v) is 6.42. The smallest absolute Gasteiger partial charge is 0.246 e. The van der Waals surface area contributed by atoms with Crippen LogP contribution in [0.5, 0.6) is 0 Å². The second-order valence-electron chi connectivity index (χ2n) is 6.56. The normalized spacial score (nSPS) is 18.0. The first-order chi connectivity index (χ1) is 13.5. The number of rotatable bonds is 6. The maximum Gasteiger partial charge on any atom is 0.246 e. The van der Waals surface area contributed by atoms with Gasteiger partial charge in [-0.3, -0.25) is 4.79 Å². The summed E-state index contributed by atoms with van der Waals surface area (Å²) in [6.45, 7) is 2.68. The van der Waals surface area contributed by atoms with Crippen LogP contribution in [0.4, 0.5) is 0 Å². The number of carbonyl (C=O) groups is 1. The molecular formula is C17H19N5O3S3. The van der Waals surface area contributed by atoms with Crippen molar-refractivity contribution in [3.05, 3.63) is 34.3 Å². The second-order valence-corrected chi connectivity index (χ2v) is 10.0. The molecule has 0 saturated carbocycles. The molecule has 4 rings (SSSR count). The SMILES string of the molecule is Cc1nc(CCNC(=O)C2CCCN2S(=O)(=O)c2cccc3nsnc23)cs1. The summed E-state index contributed by atoms with van der Waals surface area (Å²) in [6, 6.07) is 4.20. The molecule has 3 aromatic rings. The average molecular weight is 438 g/mol. The zero-order chi connectivity index (χ0) is 19.7. The van der Waals surface area contributed by atoms with E-state index in [0.717, 1.165) is 22.4 Å². The predicted octanol–water partition coefficient (Wildman–Crippen LogP) is 1.97. The van der Waals surface area contributed by atoms with Crippen molar-refractivity contribution >= 4 is 50.0 Å². The van der Waals surface area contributed by atoms with E-state index < -0.39 is 16.1 Å². The van der Waals surface area contributed by atoms with Gasteiger partial charge in [-0.15, -0.1) is 11.3 Å². The fourth-order valence-electron chi connectivity index (χ4n) is 3.36. The molecule has 28 heavy (non-hydrogen) atoms. The molecule has 1 fully saturated rings. The lowest BCUT2D eigenvalue weighted by atomic mass is 10.2. The van der Waals surface area contributed by atoms with E-state index in [2.05, 4.69) is 19.0 Å². The summed E-state index contributed by atoms with van der Waals surface area (Å²) in [4.78, 5) is 17.2. The third kappa shape index (κ3) is 3.66. The van der Waals surface area contributed by atoms with E-state index in [4.69, 9.17) is 0 Å². The van der Waals surface area contributed by atoms with Crippen molar-refractivity contribution in [3.63, 3.8) is 0 Å². The van der Waals surface area contributed by atoms with Crippen molar-refractivity contribution in [3.8, 4) is 0 Å². The van der Waals surface area contributed by atoms with Crippen molar-refractivity contribution in [2.45, 2.75) is 37.1 Å². The molecule has 0 radical (unpaired) electrons. The van der Waals surface area contributed by atoms with Gasteiger partial charge in [0.2, 0.25) is 15.9 Å². The number of nitrogens with zero attached hydrogens (tertiary/aromatic N) is 4. The number of amides is 1. The van der Waals surface area contributed by atoms with Gasteiger partial charge in [-0.05, 0) is 31.9 Å². The van der Waals surface area contributed by atoms with Crippen LogP contribution in [0.2, 0.25) is 0 Å². The summed E-state index contributed by atoms with van der Waals surface area (Å²) in [5.41, 5.74) is 1.84. The molecule has 11 heteroatoms. The Morgan fingerprint density at radius 1 is 1.36 bits per heavy atom. The van der Waals surface area contributed by atoms with Crippen LogP contribution in [0, 0.1) is 6.92 Å². The Hall–Kier alpha value is -1.95. The lowest BCUT2D eigenvalue weighted by molar-refractivity contribution is -0.124. The number of aromatic nitrogens is 3. The Morgan fingerprint density at radius 2 is 2.21 bits per heavy atom. The Balaban J connectivity index is 1.49. The molecule has 0 aliphatic carbocycles. The first-order valence-electron chi connectivity index (χ1n) is 8.88. The quantitative estimate of drug-likeness (QED) is 0.632. The molecule has 0 bridgehead atoms. The summed E-state index contributed by atoms with van der Waals surface area (Å²) in [6.07, 6.45) is 1.78. The highest BCUT2D eigenvalue weighted by Gasteiger charge is 2.40. The van der Waals surface area contributed by atoms with Crippen LogP contribution in [-0.2, 0) is 21.2 Å². The number of carbonyl (C=O) groups excluding carboxylic acids is 1. The van der Waals surface area contributed by atoms with Gasteiger partial charge in [0.05, 0.1) is 22.4 Å². The van der Waals surface area contributed by atoms with Crippen LogP contribution in [0.15, 0.2) is 28.5 Å². The van der Waals surface area contributed by atoms with Gasteiger partial charge in [-0.2, -0.15) is 13.1 Å². The second kappa shape index (κ2) is 7.82. The average Bonchev–Trinajstić information content (AvgIpc) is 3.41. The molecule has 148 valence electrons. The molecule has 1 atom stereocenters. The van der Waals surface area contributed by atoms with Crippen molar-refractivity contribution in [2.75, 3.05) is 13.1 Å². The fraction of sp³-hybridized carbons (Fsp3) is 0.412. The van der Waals surface area contributed by atoms with Crippen molar-refractivity contribution < 1.29 is 13.2 Å². The largest absolute Gasteiger partial charge is 0.354 e. The standard InChI is InChI=1S/C17H19N5O3S3/c1-11-19-12(10-26-11)7-8-18-17(23)14-5-3-9-22(14)28(24,25)15-6-2-4-13-16(15)21-27-20-13/h2,4,6,10,14H,3,5,7-9H2,1H3,(H,18,23). The molecule has 3 heterocycles. The zero-order valence-corrected chi connectivity index (χ0v) is 17.6. The molecule has 1 aromatic carbocycles. The minimum absolute atomic E-state index is 0.108. The number of hydrogen-bond donors (Lipinski definition) is 1. The summed E-state index contributed by atoms with van der Waals surface area (Å²) in [5.74, 6) is -0.267. The Bertz CT molecular complexity index is 1110. The van der Waals surface area contributed by atoms with Crippen LogP contribution < -0.4 is 5.32 Å². The van der Waals surface area contributed by atoms with Crippen LogP contribution in [0.1, 0.15) is 23.5 Å². The maximum absolute atomic E-state index is 13.2. The highest BCUT2D eigenvalue weighted by atomic mass is 32.2. The Morgan fingerprint density at radius 3 is 3.00 bits per heavy atom. The molecular weight excluding hydrogens is 418 g/mol. The molecule has 1 amide bonds. The molecule has 8 nitrogen and oxygen atoms in total. The first kappa shape index (κ1) is 19.4. The highest BCUT2D eigenvalue weighted by Crippen LogP contribution is 2.30. The number of sulfonamides is 1. The van der Waals surface area contributed by atoms with Gasteiger partial charge in [-0.1, -0.05) is 6.07 Å². The van der Waals surface area contributed by atoms with Gasteiger partial charge in [0.15, 0.2) is 0 Å². The van der Waals surface area contributed by atoms with Crippen LogP contribution >= 0.6 is 23.1 Å². The van der Waals surface area contributed by atoms with Gasteiger partial charge < -0.3 is 5.32 Å². The molecule has 2 aromatic heterocycles. The first-order valence-corrected chi connectivity index (χ1v) is 11.9. The van der Waals surface area contributed by atoms with E-state index >= 15 is 0 Å². The highest BCUT2D eigenvalue weighted by molar-refractivity contribution is 7.89. The third-order valence-electron chi connectivity index (χ3n) is 4.69. The number of hydrogen-bond acceptors (Lipinski definition) is 8. The number of thiazole rings is 1. The van der Waals surface area contributed by atoms with Gasteiger partial charge in [0.25, 0.3) is 0 Å². The lowest BCUT2D eigenvalue weighted by Gasteiger charge is -2.23. The van der Waals surface area contributed by atoms with E-state index in [-0.39, 0.29) is 10.8 Å².